The second-order valence-corrected chi connectivity index (χ2v) is 4.18. The number of anilines is 1. The van der Waals surface area contributed by atoms with Gasteiger partial charge in [0.1, 0.15) is 6.04 Å². The molecule has 0 heterocycles. The van der Waals surface area contributed by atoms with E-state index in [0.717, 1.165) is 0 Å². The van der Waals surface area contributed by atoms with Crippen molar-refractivity contribution in [2.24, 2.45) is 5.73 Å². The van der Waals surface area contributed by atoms with Gasteiger partial charge < -0.3 is 21.5 Å². The molecule has 0 saturated carbocycles. The van der Waals surface area contributed by atoms with E-state index >= 15 is 0 Å². The fourth-order valence-corrected chi connectivity index (χ4v) is 1.50. The number of amides is 3. The van der Waals surface area contributed by atoms with Crippen molar-refractivity contribution in [1.82, 2.24) is 5.32 Å². The maximum Gasteiger partial charge on any atom is 0.326 e. The number of nitrogens with zero attached hydrogens (tertiary/aromatic N) is 1. The molecule has 1 aromatic rings. The van der Waals surface area contributed by atoms with Crippen LogP contribution in [0.5, 0.6) is 0 Å². The maximum absolute atomic E-state index is 11.7. The molecule has 110 valence electrons. The third kappa shape index (κ3) is 5.61. The van der Waals surface area contributed by atoms with Crippen LogP contribution in [-0.2, 0) is 9.59 Å². The van der Waals surface area contributed by atoms with Crippen LogP contribution >= 0.6 is 0 Å². The van der Waals surface area contributed by atoms with Crippen LogP contribution < -0.4 is 16.4 Å². The topological polar surface area (TPSA) is 145 Å². The normalized spacial score (nSPS) is 11.0. The molecular formula is C13H14N4O4. The first-order chi connectivity index (χ1) is 9.92. The number of rotatable bonds is 6. The van der Waals surface area contributed by atoms with Crippen molar-refractivity contribution in [2.45, 2.75) is 18.9 Å². The Morgan fingerprint density at radius 1 is 1.29 bits per heavy atom. The minimum atomic E-state index is -1.26. The molecule has 5 N–H and O–H groups in total. The van der Waals surface area contributed by atoms with Gasteiger partial charge in [0.05, 0.1) is 11.6 Å². The van der Waals surface area contributed by atoms with E-state index in [1.54, 1.807) is 0 Å². The van der Waals surface area contributed by atoms with E-state index in [1.807, 2.05) is 6.07 Å². The van der Waals surface area contributed by atoms with Crippen molar-refractivity contribution < 1.29 is 19.5 Å². The van der Waals surface area contributed by atoms with E-state index in [0.29, 0.717) is 11.3 Å². The van der Waals surface area contributed by atoms with Crippen LogP contribution in [0.15, 0.2) is 24.3 Å². The number of urea groups is 1. The van der Waals surface area contributed by atoms with Crippen LogP contribution in [0.3, 0.4) is 0 Å². The Morgan fingerprint density at radius 3 is 2.38 bits per heavy atom. The summed E-state index contributed by atoms with van der Waals surface area (Å²) in [6, 6.07) is 6.04. The highest BCUT2D eigenvalue weighted by atomic mass is 16.4. The molecule has 0 aliphatic rings. The van der Waals surface area contributed by atoms with Crippen molar-refractivity contribution in [2.75, 3.05) is 5.32 Å². The quantitative estimate of drug-likeness (QED) is 0.599. The van der Waals surface area contributed by atoms with E-state index in [-0.39, 0.29) is 12.8 Å². The molecule has 8 nitrogen and oxygen atoms in total. The van der Waals surface area contributed by atoms with Gasteiger partial charge in [-0.2, -0.15) is 5.26 Å². The first-order valence-electron chi connectivity index (χ1n) is 6.01. The predicted octanol–water partition coefficient (Wildman–Crippen LogP) is 0.398. The van der Waals surface area contributed by atoms with E-state index in [2.05, 4.69) is 10.6 Å². The van der Waals surface area contributed by atoms with Crippen molar-refractivity contribution >= 4 is 23.6 Å². The Morgan fingerprint density at radius 2 is 1.90 bits per heavy atom. The number of hydrogen-bond donors (Lipinski definition) is 4. The third-order valence-corrected chi connectivity index (χ3v) is 2.55. The van der Waals surface area contributed by atoms with Crippen LogP contribution in [0.1, 0.15) is 18.4 Å². The minimum Gasteiger partial charge on any atom is -0.480 e. The monoisotopic (exact) mass is 290 g/mol. The molecule has 3 amide bonds. The number of carboxylic acids is 1. The lowest BCUT2D eigenvalue weighted by atomic mass is 10.1. The standard InChI is InChI=1S/C13H14N4O4/c14-7-8-1-3-9(4-2-8)16-13(21)17-10(12(19)20)5-6-11(15)18/h1-4,10H,5-6H2,(H2,15,18)(H,19,20)(H2,16,17,21)/t10-/m1/s1. The van der Waals surface area contributed by atoms with E-state index in [9.17, 15) is 14.4 Å². The molecule has 0 aliphatic carbocycles. The van der Waals surface area contributed by atoms with Crippen molar-refractivity contribution in [3.8, 4) is 6.07 Å². The number of nitrogens with two attached hydrogens (primary N) is 1. The number of carbonyl (C=O) groups is 3. The fraction of sp³-hybridized carbons (Fsp3) is 0.231. The summed E-state index contributed by atoms with van der Waals surface area (Å²) in [5.74, 6) is -1.90. The number of nitrogens with one attached hydrogen (secondary N) is 2. The number of carboxylic acid groups (broad SMARTS) is 1. The van der Waals surface area contributed by atoms with Gasteiger partial charge in [-0.15, -0.1) is 0 Å². The summed E-state index contributed by atoms with van der Waals surface area (Å²) in [6.45, 7) is 0. The van der Waals surface area contributed by atoms with Gasteiger partial charge >= 0.3 is 12.0 Å². The third-order valence-electron chi connectivity index (χ3n) is 2.55. The van der Waals surface area contributed by atoms with Crippen LogP contribution in [-0.4, -0.2) is 29.1 Å². The molecule has 1 aromatic carbocycles. The summed E-state index contributed by atoms with van der Waals surface area (Å²) in [5.41, 5.74) is 5.78. The number of nitriles is 1. The van der Waals surface area contributed by atoms with Crippen LogP contribution in [0, 0.1) is 11.3 Å². The minimum absolute atomic E-state index is 0.0918. The molecule has 0 bridgehead atoms. The Labute approximate surface area is 120 Å². The first kappa shape index (κ1) is 16.0. The van der Waals surface area contributed by atoms with Gasteiger partial charge in [-0.1, -0.05) is 0 Å². The van der Waals surface area contributed by atoms with Crippen molar-refractivity contribution in [3.63, 3.8) is 0 Å². The average Bonchev–Trinajstić information content (AvgIpc) is 2.43. The summed E-state index contributed by atoms with van der Waals surface area (Å²) in [6.07, 6.45) is -0.237. The Bertz CT molecular complexity index is 577. The van der Waals surface area contributed by atoms with Gasteiger partial charge in [-0.25, -0.2) is 9.59 Å². The molecule has 0 radical (unpaired) electrons. The fourth-order valence-electron chi connectivity index (χ4n) is 1.50. The molecule has 0 unspecified atom stereocenters. The number of aliphatic carboxylic acids is 1. The molecule has 0 aliphatic heterocycles. The highest BCUT2D eigenvalue weighted by molar-refractivity contribution is 5.92. The van der Waals surface area contributed by atoms with Crippen LogP contribution in [0.2, 0.25) is 0 Å². The molecular weight excluding hydrogens is 276 g/mol. The van der Waals surface area contributed by atoms with Gasteiger partial charge in [-0.3, -0.25) is 4.79 Å². The zero-order chi connectivity index (χ0) is 15.8. The Kier molecular flexibility index (Phi) is 5.70. The second kappa shape index (κ2) is 7.49. The van der Waals surface area contributed by atoms with Crippen molar-refractivity contribution in [1.29, 1.82) is 5.26 Å². The van der Waals surface area contributed by atoms with Gasteiger partial charge in [0.15, 0.2) is 0 Å². The molecule has 1 atom stereocenters. The van der Waals surface area contributed by atoms with E-state index < -0.39 is 23.9 Å². The lowest BCUT2D eigenvalue weighted by Crippen LogP contribution is -2.43. The zero-order valence-electron chi connectivity index (χ0n) is 11.0. The van der Waals surface area contributed by atoms with Crippen LogP contribution in [0.25, 0.3) is 0 Å². The molecule has 1 rings (SSSR count). The summed E-state index contributed by atoms with van der Waals surface area (Å²) in [4.78, 5) is 33.3. The second-order valence-electron chi connectivity index (χ2n) is 4.18. The largest absolute Gasteiger partial charge is 0.480 e. The highest BCUT2D eigenvalue weighted by Gasteiger charge is 2.20. The lowest BCUT2D eigenvalue weighted by molar-refractivity contribution is -0.139. The molecule has 0 aromatic heterocycles. The van der Waals surface area contributed by atoms with Gasteiger partial charge in [-0.05, 0) is 30.7 Å². The smallest absolute Gasteiger partial charge is 0.326 e. The van der Waals surface area contributed by atoms with Crippen LogP contribution in [0.4, 0.5) is 10.5 Å². The number of primary amides is 1. The molecule has 21 heavy (non-hydrogen) atoms. The highest BCUT2D eigenvalue weighted by Crippen LogP contribution is 2.08. The molecule has 8 heteroatoms. The predicted molar refractivity (Wildman–Crippen MR) is 73.2 cm³/mol. The van der Waals surface area contributed by atoms with Gasteiger partial charge in [0, 0.05) is 12.1 Å². The Hall–Kier alpha value is -3.08. The molecule has 0 fully saturated rings. The zero-order valence-corrected chi connectivity index (χ0v) is 11.0. The van der Waals surface area contributed by atoms with Gasteiger partial charge in [0.2, 0.25) is 5.91 Å². The van der Waals surface area contributed by atoms with E-state index in [1.165, 1.54) is 24.3 Å². The summed E-state index contributed by atoms with van der Waals surface area (Å²) in [7, 11) is 0. The molecule has 0 spiro atoms. The first-order valence-corrected chi connectivity index (χ1v) is 6.01. The SMILES string of the molecule is N#Cc1ccc(NC(=O)N[C@H](CCC(N)=O)C(=O)O)cc1. The summed E-state index contributed by atoms with van der Waals surface area (Å²) >= 11 is 0. The number of benzene rings is 1. The lowest BCUT2D eigenvalue weighted by Gasteiger charge is -2.14. The van der Waals surface area contributed by atoms with Gasteiger partial charge in [0.25, 0.3) is 0 Å². The number of hydrogen-bond acceptors (Lipinski definition) is 4. The maximum atomic E-state index is 11.7. The summed E-state index contributed by atoms with van der Waals surface area (Å²) in [5, 5.41) is 22.2. The number of carbonyl (C=O) groups excluding carboxylic acids is 2. The van der Waals surface area contributed by atoms with E-state index in [4.69, 9.17) is 16.1 Å². The van der Waals surface area contributed by atoms with Crippen molar-refractivity contribution in [3.05, 3.63) is 29.8 Å². The Balaban J connectivity index is 2.58. The average molecular weight is 290 g/mol. The molecule has 0 saturated heterocycles. The summed E-state index contributed by atoms with van der Waals surface area (Å²) < 4.78 is 0.